The van der Waals surface area contributed by atoms with E-state index in [4.69, 9.17) is 0 Å². The molecule has 0 saturated heterocycles. The quantitative estimate of drug-likeness (QED) is 0.472. The Kier molecular flexibility index (Phi) is 11.7. The van der Waals surface area contributed by atoms with Gasteiger partial charge in [0.25, 0.3) is 0 Å². The molecule has 0 heterocycles. The van der Waals surface area contributed by atoms with Crippen LogP contribution in [0.4, 0.5) is 0 Å². The summed E-state index contributed by atoms with van der Waals surface area (Å²) in [6.07, 6.45) is 5.53. The zero-order chi connectivity index (χ0) is 6.41. The molecule has 0 bridgehead atoms. The maximum absolute atomic E-state index is 2.33. The summed E-state index contributed by atoms with van der Waals surface area (Å²) in [6.45, 7) is 6.85. The van der Waals surface area contributed by atoms with E-state index in [0.29, 0.717) is 0 Å². The summed E-state index contributed by atoms with van der Waals surface area (Å²) in [5.74, 6) is 0.954. The second kappa shape index (κ2) is 8.60. The first-order valence-electron chi connectivity index (χ1n) is 3.81. The van der Waals surface area contributed by atoms with Crippen LogP contribution < -0.4 is 18.9 Å². The van der Waals surface area contributed by atoms with E-state index < -0.39 is 0 Å². The standard InChI is InChI=1S/C8H18.Li.H/c1-4-6-7-8(3)5-2;;/h8H,4-7H2,1-3H3;;/q;+1;-1. The van der Waals surface area contributed by atoms with E-state index in [-0.39, 0.29) is 20.3 Å². The number of hydrogen-bond donors (Lipinski definition) is 0. The van der Waals surface area contributed by atoms with Gasteiger partial charge in [-0.25, -0.2) is 0 Å². The molecule has 52 valence electrons. The molecule has 1 atom stereocenters. The van der Waals surface area contributed by atoms with Gasteiger partial charge in [0, 0.05) is 0 Å². The first kappa shape index (κ1) is 12.3. The van der Waals surface area contributed by atoms with Gasteiger partial charge >= 0.3 is 18.9 Å². The van der Waals surface area contributed by atoms with Crippen LogP contribution in [0.15, 0.2) is 0 Å². The average Bonchev–Trinajstić information content (AvgIpc) is 1.83. The zero-order valence-corrected chi connectivity index (χ0v) is 7.41. The van der Waals surface area contributed by atoms with Crippen molar-refractivity contribution in [1.82, 2.24) is 0 Å². The molecular formula is C8H19Li. The van der Waals surface area contributed by atoms with Crippen LogP contribution in [0.25, 0.3) is 0 Å². The third-order valence-electron chi connectivity index (χ3n) is 1.75. The number of hydrogen-bond acceptors (Lipinski definition) is 0. The Bertz CT molecular complexity index is 48.5. The van der Waals surface area contributed by atoms with Crippen LogP contribution in [0.3, 0.4) is 0 Å². The van der Waals surface area contributed by atoms with Crippen molar-refractivity contribution < 1.29 is 20.3 Å². The summed E-state index contributed by atoms with van der Waals surface area (Å²) >= 11 is 0. The molecule has 0 rings (SSSR count). The number of unbranched alkanes of at least 4 members (excludes halogenated alkanes) is 1. The Morgan fingerprint density at radius 1 is 1.33 bits per heavy atom. The van der Waals surface area contributed by atoms with E-state index in [1.165, 1.54) is 25.7 Å². The molecule has 0 aromatic heterocycles. The van der Waals surface area contributed by atoms with Crippen LogP contribution in [0.2, 0.25) is 0 Å². The Balaban J connectivity index is -0.000000245. The van der Waals surface area contributed by atoms with Gasteiger partial charge in [-0.3, -0.25) is 0 Å². The Morgan fingerprint density at radius 2 is 1.89 bits per heavy atom. The Labute approximate surface area is 73.1 Å². The largest absolute Gasteiger partial charge is 1.00 e. The van der Waals surface area contributed by atoms with E-state index in [1.807, 2.05) is 0 Å². The van der Waals surface area contributed by atoms with Crippen molar-refractivity contribution in [3.8, 4) is 0 Å². The summed E-state index contributed by atoms with van der Waals surface area (Å²) in [5, 5.41) is 0. The summed E-state index contributed by atoms with van der Waals surface area (Å²) in [5.41, 5.74) is 0. The Hall–Kier alpha value is 0.597. The minimum absolute atomic E-state index is 0. The van der Waals surface area contributed by atoms with Crippen LogP contribution in [0.1, 0.15) is 47.9 Å². The maximum atomic E-state index is 2.33. The molecule has 0 aliphatic carbocycles. The molecule has 0 fully saturated rings. The van der Waals surface area contributed by atoms with Gasteiger partial charge in [-0.1, -0.05) is 46.5 Å². The molecule has 0 aliphatic rings. The number of rotatable bonds is 4. The van der Waals surface area contributed by atoms with Gasteiger partial charge < -0.3 is 1.43 Å². The molecule has 0 spiro atoms. The Morgan fingerprint density at radius 3 is 2.22 bits per heavy atom. The second-order valence-electron chi connectivity index (χ2n) is 2.66. The molecule has 0 aliphatic heterocycles. The first-order valence-corrected chi connectivity index (χ1v) is 3.81. The third-order valence-corrected chi connectivity index (χ3v) is 1.75. The molecular weight excluding hydrogens is 103 g/mol. The molecule has 0 radical (unpaired) electrons. The molecule has 0 saturated carbocycles. The third kappa shape index (κ3) is 8.60. The van der Waals surface area contributed by atoms with Crippen molar-refractivity contribution in [1.29, 1.82) is 0 Å². The molecule has 1 heteroatoms. The molecule has 9 heavy (non-hydrogen) atoms. The van der Waals surface area contributed by atoms with Crippen molar-refractivity contribution >= 4 is 0 Å². The van der Waals surface area contributed by atoms with Gasteiger partial charge in [0.15, 0.2) is 0 Å². The fourth-order valence-corrected chi connectivity index (χ4v) is 0.757. The zero-order valence-electron chi connectivity index (χ0n) is 8.41. The normalized spacial score (nSPS) is 12.3. The molecule has 0 nitrogen and oxygen atoms in total. The van der Waals surface area contributed by atoms with Crippen LogP contribution in [-0.2, 0) is 0 Å². The first-order chi connectivity index (χ1) is 3.81. The molecule has 0 aromatic carbocycles. The van der Waals surface area contributed by atoms with E-state index in [9.17, 15) is 0 Å². The smallest absolute Gasteiger partial charge is 1.00 e. The predicted molar refractivity (Wildman–Crippen MR) is 40.1 cm³/mol. The molecule has 1 unspecified atom stereocenters. The predicted octanol–water partition coefficient (Wildman–Crippen LogP) is 0.339. The summed E-state index contributed by atoms with van der Waals surface area (Å²) < 4.78 is 0. The van der Waals surface area contributed by atoms with Crippen molar-refractivity contribution in [2.45, 2.75) is 46.5 Å². The summed E-state index contributed by atoms with van der Waals surface area (Å²) in [4.78, 5) is 0. The van der Waals surface area contributed by atoms with Crippen molar-refractivity contribution in [3.63, 3.8) is 0 Å². The monoisotopic (exact) mass is 122 g/mol. The molecule has 0 amide bonds. The van der Waals surface area contributed by atoms with E-state index >= 15 is 0 Å². The SMILES string of the molecule is CCCCC(C)CC.[H-].[Li+]. The summed E-state index contributed by atoms with van der Waals surface area (Å²) in [6, 6.07) is 0. The van der Waals surface area contributed by atoms with Crippen LogP contribution in [0.5, 0.6) is 0 Å². The minimum atomic E-state index is 0. The average molecular weight is 122 g/mol. The minimum Gasteiger partial charge on any atom is -1.00 e. The fraction of sp³-hybridized carbons (Fsp3) is 1.00. The fourth-order valence-electron chi connectivity index (χ4n) is 0.757. The van der Waals surface area contributed by atoms with Gasteiger partial charge in [0.1, 0.15) is 0 Å². The van der Waals surface area contributed by atoms with Crippen molar-refractivity contribution in [2.75, 3.05) is 0 Å². The van der Waals surface area contributed by atoms with Crippen LogP contribution in [-0.4, -0.2) is 0 Å². The van der Waals surface area contributed by atoms with Gasteiger partial charge in [-0.15, -0.1) is 0 Å². The van der Waals surface area contributed by atoms with E-state index in [2.05, 4.69) is 20.8 Å². The van der Waals surface area contributed by atoms with Gasteiger partial charge in [-0.05, 0) is 5.92 Å². The molecule has 0 N–H and O–H groups in total. The molecule has 0 aromatic rings. The van der Waals surface area contributed by atoms with Crippen molar-refractivity contribution in [2.24, 2.45) is 5.92 Å². The van der Waals surface area contributed by atoms with E-state index in [0.717, 1.165) is 5.92 Å². The summed E-state index contributed by atoms with van der Waals surface area (Å²) in [7, 11) is 0. The van der Waals surface area contributed by atoms with Gasteiger partial charge in [-0.2, -0.15) is 0 Å². The van der Waals surface area contributed by atoms with Crippen molar-refractivity contribution in [3.05, 3.63) is 0 Å². The maximum Gasteiger partial charge on any atom is 1.00 e. The van der Waals surface area contributed by atoms with Gasteiger partial charge in [0.05, 0.1) is 0 Å². The topological polar surface area (TPSA) is 0 Å². The second-order valence-corrected chi connectivity index (χ2v) is 2.66. The van der Waals surface area contributed by atoms with Crippen LogP contribution >= 0.6 is 0 Å². The van der Waals surface area contributed by atoms with Gasteiger partial charge in [0.2, 0.25) is 0 Å². The van der Waals surface area contributed by atoms with Crippen LogP contribution in [0, 0.1) is 5.92 Å². The van der Waals surface area contributed by atoms with E-state index in [1.54, 1.807) is 0 Å².